The van der Waals surface area contributed by atoms with E-state index in [2.05, 4.69) is 16.0 Å². The maximum atomic E-state index is 12.7. The highest BCUT2D eigenvalue weighted by molar-refractivity contribution is 7.92. The van der Waals surface area contributed by atoms with E-state index in [-0.39, 0.29) is 23.9 Å². The van der Waals surface area contributed by atoms with E-state index < -0.39 is 9.84 Å². The van der Waals surface area contributed by atoms with Crippen molar-refractivity contribution < 1.29 is 23.0 Å². The van der Waals surface area contributed by atoms with E-state index in [1.54, 1.807) is 25.4 Å². The summed E-state index contributed by atoms with van der Waals surface area (Å²) < 4.78 is 36.2. The van der Waals surface area contributed by atoms with Gasteiger partial charge in [0.05, 0.1) is 28.1 Å². The van der Waals surface area contributed by atoms with Crippen molar-refractivity contribution in [3.63, 3.8) is 0 Å². The van der Waals surface area contributed by atoms with E-state index >= 15 is 0 Å². The van der Waals surface area contributed by atoms with Crippen LogP contribution in [0.4, 0.5) is 0 Å². The minimum Gasteiger partial charge on any atom is -0.393 e. The third kappa shape index (κ3) is 5.42. The molecule has 7 nitrogen and oxygen atoms in total. The molecule has 2 aliphatic rings. The first-order valence-electron chi connectivity index (χ1n) is 12.7. The number of nitrogens with zero attached hydrogens (tertiary/aromatic N) is 1. The zero-order valence-corrected chi connectivity index (χ0v) is 21.4. The predicted molar refractivity (Wildman–Crippen MR) is 138 cm³/mol. The van der Waals surface area contributed by atoms with E-state index in [1.165, 1.54) is 0 Å². The Balaban J connectivity index is 1.41. The van der Waals surface area contributed by atoms with Gasteiger partial charge in [0.15, 0.2) is 9.84 Å². The number of hydrogen-bond acceptors (Lipinski definition) is 6. The van der Waals surface area contributed by atoms with Gasteiger partial charge in [0, 0.05) is 43.7 Å². The molecule has 0 amide bonds. The average Bonchev–Trinajstić information content (AvgIpc) is 3.68. The summed E-state index contributed by atoms with van der Waals surface area (Å²) in [6.45, 7) is 1.48. The van der Waals surface area contributed by atoms with Crippen LogP contribution in [-0.2, 0) is 19.3 Å². The van der Waals surface area contributed by atoms with Gasteiger partial charge in [-0.15, -0.1) is 0 Å². The Morgan fingerprint density at radius 3 is 2.36 bits per heavy atom. The zero-order valence-electron chi connectivity index (χ0n) is 20.6. The highest BCUT2D eigenvalue weighted by atomic mass is 32.2. The fraction of sp³-hybridized carbons (Fsp3) is 0.464. The molecular formula is C28H34N2O5S. The highest BCUT2D eigenvalue weighted by Gasteiger charge is 2.37. The van der Waals surface area contributed by atoms with Gasteiger partial charge in [-0.25, -0.2) is 8.42 Å². The van der Waals surface area contributed by atoms with Crippen LogP contribution in [0.3, 0.4) is 0 Å². The topological polar surface area (TPSA) is 102 Å². The lowest BCUT2D eigenvalue weighted by Gasteiger charge is -2.27. The first-order valence-corrected chi connectivity index (χ1v) is 14.2. The number of aromatic nitrogens is 2. The number of aromatic amines is 1. The molecule has 2 fully saturated rings. The number of aliphatic hydroxyl groups is 1. The molecule has 0 bridgehead atoms. The molecular weight excluding hydrogens is 476 g/mol. The van der Waals surface area contributed by atoms with Crippen molar-refractivity contribution in [3.8, 4) is 11.4 Å². The number of pyridine rings is 1. The summed E-state index contributed by atoms with van der Waals surface area (Å²) in [5.74, 6) is 0.665. The summed E-state index contributed by atoms with van der Waals surface area (Å²) in [6.07, 6.45) is 5.92. The van der Waals surface area contributed by atoms with E-state index in [9.17, 15) is 13.5 Å². The fourth-order valence-corrected chi connectivity index (χ4v) is 6.71. The smallest absolute Gasteiger partial charge is 0.181 e. The molecule has 1 saturated heterocycles. The lowest BCUT2D eigenvalue weighted by molar-refractivity contribution is 0.0482. The lowest BCUT2D eigenvalue weighted by Crippen LogP contribution is -2.19. The fourth-order valence-electron chi connectivity index (χ4n) is 5.05. The Bertz CT molecular complexity index is 1240. The molecule has 0 spiro atoms. The van der Waals surface area contributed by atoms with E-state index in [0.29, 0.717) is 10.8 Å². The second-order valence-corrected chi connectivity index (χ2v) is 12.1. The van der Waals surface area contributed by atoms with Crippen molar-refractivity contribution in [1.82, 2.24) is 9.97 Å². The number of ether oxygens (including phenoxy) is 2. The monoisotopic (exact) mass is 510 g/mol. The number of hydrogen-bond donors (Lipinski definition) is 2. The van der Waals surface area contributed by atoms with Crippen molar-refractivity contribution in [2.75, 3.05) is 26.9 Å². The molecule has 0 radical (unpaired) electrons. The summed E-state index contributed by atoms with van der Waals surface area (Å²) in [7, 11) is -1.63. The van der Waals surface area contributed by atoms with Gasteiger partial charge in [-0.05, 0) is 73.9 Å². The number of sulfone groups is 1. The summed E-state index contributed by atoms with van der Waals surface area (Å²) in [6, 6.07) is 15.5. The van der Waals surface area contributed by atoms with E-state index in [4.69, 9.17) is 9.47 Å². The Kier molecular flexibility index (Phi) is 7.57. The van der Waals surface area contributed by atoms with Gasteiger partial charge in [0.2, 0.25) is 0 Å². The SMILES string of the molecule is COC(CO)c1ccc(-c2ccc(C(CC3CCOCC3)c3ccc(S(=O)(=O)C4CC4)cc3)[nH]2)nc1. The minimum atomic E-state index is -3.20. The summed E-state index contributed by atoms with van der Waals surface area (Å²) in [4.78, 5) is 8.58. The Morgan fingerprint density at radius 2 is 1.75 bits per heavy atom. The number of benzene rings is 1. The molecule has 2 atom stereocenters. The van der Waals surface area contributed by atoms with Crippen LogP contribution in [0, 0.1) is 5.92 Å². The van der Waals surface area contributed by atoms with Crippen molar-refractivity contribution in [2.45, 2.75) is 54.3 Å². The van der Waals surface area contributed by atoms with Crippen molar-refractivity contribution in [2.24, 2.45) is 5.92 Å². The highest BCUT2D eigenvalue weighted by Crippen LogP contribution is 2.37. The van der Waals surface area contributed by atoms with Crippen LogP contribution >= 0.6 is 0 Å². The third-order valence-corrected chi connectivity index (χ3v) is 9.73. The molecule has 3 aromatic rings. The van der Waals surface area contributed by atoms with Crippen LogP contribution in [-0.4, -0.2) is 55.7 Å². The second kappa shape index (κ2) is 10.8. The van der Waals surface area contributed by atoms with Gasteiger partial charge >= 0.3 is 0 Å². The van der Waals surface area contributed by atoms with Crippen LogP contribution in [0.25, 0.3) is 11.4 Å². The number of methoxy groups -OCH3 is 1. The maximum absolute atomic E-state index is 12.7. The molecule has 192 valence electrons. The largest absolute Gasteiger partial charge is 0.393 e. The number of aliphatic hydroxyl groups excluding tert-OH is 1. The molecule has 8 heteroatoms. The van der Waals surface area contributed by atoms with Crippen LogP contribution in [0.2, 0.25) is 0 Å². The quantitative estimate of drug-likeness (QED) is 0.412. The second-order valence-electron chi connectivity index (χ2n) is 9.87. The van der Waals surface area contributed by atoms with E-state index in [1.807, 2.05) is 30.3 Å². The zero-order chi connectivity index (χ0) is 25.1. The predicted octanol–water partition coefficient (Wildman–Crippen LogP) is 4.64. The van der Waals surface area contributed by atoms with Gasteiger partial charge in [-0.1, -0.05) is 18.2 Å². The molecule has 3 heterocycles. The number of H-pyrrole nitrogens is 1. The summed E-state index contributed by atoms with van der Waals surface area (Å²) >= 11 is 0. The van der Waals surface area contributed by atoms with Crippen molar-refractivity contribution in [1.29, 1.82) is 0 Å². The maximum Gasteiger partial charge on any atom is 0.181 e. The van der Waals surface area contributed by atoms with Gasteiger partial charge < -0.3 is 19.6 Å². The van der Waals surface area contributed by atoms with Gasteiger partial charge in [0.25, 0.3) is 0 Å². The summed E-state index contributed by atoms with van der Waals surface area (Å²) in [5.41, 5.74) is 4.76. The van der Waals surface area contributed by atoms with Crippen LogP contribution in [0.15, 0.2) is 59.6 Å². The summed E-state index contributed by atoms with van der Waals surface area (Å²) in [5, 5.41) is 9.26. The van der Waals surface area contributed by atoms with Crippen LogP contribution in [0.1, 0.15) is 60.9 Å². The molecule has 1 aliphatic heterocycles. The van der Waals surface area contributed by atoms with E-state index in [0.717, 1.165) is 73.5 Å². The van der Waals surface area contributed by atoms with Crippen molar-refractivity contribution in [3.05, 3.63) is 71.5 Å². The molecule has 2 unspecified atom stereocenters. The van der Waals surface area contributed by atoms with Gasteiger partial charge in [-0.3, -0.25) is 4.98 Å². The molecule has 1 aliphatic carbocycles. The molecule has 1 saturated carbocycles. The Morgan fingerprint density at radius 1 is 1.03 bits per heavy atom. The van der Waals surface area contributed by atoms with Crippen LogP contribution < -0.4 is 0 Å². The third-order valence-electron chi connectivity index (χ3n) is 7.45. The lowest BCUT2D eigenvalue weighted by atomic mass is 9.83. The number of nitrogens with one attached hydrogen (secondary N) is 1. The molecule has 36 heavy (non-hydrogen) atoms. The normalized spacial score (nSPS) is 18.7. The molecule has 5 rings (SSSR count). The van der Waals surface area contributed by atoms with Crippen molar-refractivity contribution >= 4 is 9.84 Å². The van der Waals surface area contributed by atoms with Crippen LogP contribution in [0.5, 0.6) is 0 Å². The molecule has 2 aromatic heterocycles. The first kappa shape index (κ1) is 25.1. The molecule has 1 aromatic carbocycles. The van der Waals surface area contributed by atoms with Gasteiger partial charge in [-0.2, -0.15) is 0 Å². The minimum absolute atomic E-state index is 0.0984. The molecule has 2 N–H and O–H groups in total. The Hall–Kier alpha value is -2.52. The Labute approximate surface area is 212 Å². The first-order chi connectivity index (χ1) is 17.5. The number of rotatable bonds is 10. The average molecular weight is 511 g/mol. The standard InChI is InChI=1S/C28H34N2O5S/c1-34-28(18-31)21-4-9-26(29-17-21)27-11-10-25(30-27)24(16-19-12-14-35-15-13-19)20-2-5-22(6-3-20)36(32,33)23-7-8-23/h2-6,9-11,17,19,23-24,28,30-31H,7-8,12-16,18H2,1H3. The van der Waals surface area contributed by atoms with Gasteiger partial charge in [0.1, 0.15) is 6.10 Å².